The van der Waals surface area contributed by atoms with Gasteiger partial charge in [-0.15, -0.1) is 6.42 Å². The van der Waals surface area contributed by atoms with E-state index in [1.54, 1.807) is 0 Å². The van der Waals surface area contributed by atoms with Crippen LogP contribution in [0.25, 0.3) is 0 Å². The monoisotopic (exact) mass is 129 g/mol. The first-order valence-corrected chi connectivity index (χ1v) is 3.19. The van der Waals surface area contributed by atoms with E-state index in [1.165, 1.54) is 11.1 Å². The third kappa shape index (κ3) is 1.19. The summed E-state index contributed by atoms with van der Waals surface area (Å²) in [4.78, 5) is 0. The standard InChI is InChI=1S/C10H9/c1-4-10-6-5-8(2)9(3)7-10/h1,6-7H,2-3H3. The smallest absolute Gasteiger partial charge is 0.0251 e. The number of hydrogen-bond acceptors (Lipinski definition) is 0. The lowest BCUT2D eigenvalue weighted by Gasteiger charge is -1.97. The van der Waals surface area contributed by atoms with Crippen molar-refractivity contribution in [3.63, 3.8) is 0 Å². The topological polar surface area (TPSA) is 0 Å². The molecule has 1 aromatic carbocycles. The molecule has 1 aromatic rings. The fourth-order valence-corrected chi connectivity index (χ4v) is 0.766. The Kier molecular flexibility index (Phi) is 1.78. The highest BCUT2D eigenvalue weighted by atomic mass is 14.0. The van der Waals surface area contributed by atoms with Gasteiger partial charge in [0, 0.05) is 5.56 Å². The average Bonchev–Trinajstić information content (AvgIpc) is 1.95. The van der Waals surface area contributed by atoms with Gasteiger partial charge < -0.3 is 0 Å². The number of terminal acetylenes is 1. The summed E-state index contributed by atoms with van der Waals surface area (Å²) in [6.07, 6.45) is 5.20. The van der Waals surface area contributed by atoms with Gasteiger partial charge in [-0.3, -0.25) is 0 Å². The van der Waals surface area contributed by atoms with Crippen molar-refractivity contribution < 1.29 is 0 Å². The molecule has 0 saturated carbocycles. The largest absolute Gasteiger partial charge is 0.115 e. The molecule has 1 rings (SSSR count). The lowest BCUT2D eigenvalue weighted by Crippen LogP contribution is -1.81. The average molecular weight is 129 g/mol. The molecule has 0 aliphatic carbocycles. The molecule has 0 nitrogen and oxygen atoms in total. The van der Waals surface area contributed by atoms with Gasteiger partial charge in [-0.05, 0) is 43.2 Å². The van der Waals surface area contributed by atoms with Crippen molar-refractivity contribution in [1.82, 2.24) is 0 Å². The second-order valence-corrected chi connectivity index (χ2v) is 2.34. The van der Waals surface area contributed by atoms with Crippen LogP contribution in [0.2, 0.25) is 0 Å². The second kappa shape index (κ2) is 2.58. The molecule has 0 aliphatic heterocycles. The Morgan fingerprint density at radius 1 is 1.50 bits per heavy atom. The quantitative estimate of drug-likeness (QED) is 0.470. The van der Waals surface area contributed by atoms with Crippen LogP contribution < -0.4 is 0 Å². The van der Waals surface area contributed by atoms with E-state index in [1.807, 2.05) is 26.0 Å². The SMILES string of the molecule is C#Cc1c[c]c(C)c(C)c1. The Hall–Kier alpha value is -1.22. The first kappa shape index (κ1) is 6.89. The molecule has 0 bridgehead atoms. The summed E-state index contributed by atoms with van der Waals surface area (Å²) in [6, 6.07) is 6.90. The third-order valence-electron chi connectivity index (χ3n) is 1.57. The van der Waals surface area contributed by atoms with Crippen LogP contribution in [0.1, 0.15) is 16.7 Å². The first-order valence-electron chi connectivity index (χ1n) is 3.19. The zero-order valence-electron chi connectivity index (χ0n) is 6.23. The van der Waals surface area contributed by atoms with Crippen LogP contribution in [0, 0.1) is 32.3 Å². The Morgan fingerprint density at radius 3 is 2.70 bits per heavy atom. The molecule has 10 heavy (non-hydrogen) atoms. The number of rotatable bonds is 0. The summed E-state index contributed by atoms with van der Waals surface area (Å²) < 4.78 is 0. The van der Waals surface area contributed by atoms with Crippen molar-refractivity contribution in [2.75, 3.05) is 0 Å². The van der Waals surface area contributed by atoms with Crippen molar-refractivity contribution >= 4 is 0 Å². The van der Waals surface area contributed by atoms with Gasteiger partial charge in [-0.25, -0.2) is 0 Å². The zero-order valence-corrected chi connectivity index (χ0v) is 6.23. The summed E-state index contributed by atoms with van der Waals surface area (Å²) in [7, 11) is 0. The van der Waals surface area contributed by atoms with Gasteiger partial charge >= 0.3 is 0 Å². The van der Waals surface area contributed by atoms with E-state index in [0.29, 0.717) is 0 Å². The van der Waals surface area contributed by atoms with Gasteiger partial charge in [-0.2, -0.15) is 0 Å². The molecule has 1 radical (unpaired) electrons. The minimum atomic E-state index is 0.906. The molecule has 0 fully saturated rings. The minimum Gasteiger partial charge on any atom is -0.115 e. The van der Waals surface area contributed by atoms with E-state index >= 15 is 0 Å². The van der Waals surface area contributed by atoms with Gasteiger partial charge in [0.15, 0.2) is 0 Å². The van der Waals surface area contributed by atoms with Gasteiger partial charge in [0.25, 0.3) is 0 Å². The highest BCUT2D eigenvalue weighted by Gasteiger charge is 1.91. The van der Waals surface area contributed by atoms with Gasteiger partial charge in [0.05, 0.1) is 0 Å². The molecule has 49 valence electrons. The van der Waals surface area contributed by atoms with Crippen LogP contribution in [-0.4, -0.2) is 0 Å². The van der Waals surface area contributed by atoms with E-state index in [0.717, 1.165) is 5.56 Å². The Balaban J connectivity index is 3.20. The van der Waals surface area contributed by atoms with E-state index in [4.69, 9.17) is 6.42 Å². The predicted octanol–water partition coefficient (Wildman–Crippen LogP) is 2.08. The maximum absolute atomic E-state index is 5.20. The van der Waals surface area contributed by atoms with Crippen molar-refractivity contribution in [3.05, 3.63) is 34.9 Å². The molecular weight excluding hydrogens is 120 g/mol. The van der Waals surface area contributed by atoms with E-state index < -0.39 is 0 Å². The maximum atomic E-state index is 5.20. The van der Waals surface area contributed by atoms with Crippen LogP contribution in [0.5, 0.6) is 0 Å². The number of benzene rings is 1. The maximum Gasteiger partial charge on any atom is 0.0251 e. The summed E-state index contributed by atoms with van der Waals surface area (Å²) in [5.74, 6) is 2.56. The van der Waals surface area contributed by atoms with Gasteiger partial charge in [0.1, 0.15) is 0 Å². The summed E-state index contributed by atoms with van der Waals surface area (Å²) in [6.45, 7) is 4.06. The Labute approximate surface area is 61.9 Å². The van der Waals surface area contributed by atoms with E-state index in [-0.39, 0.29) is 0 Å². The number of hydrogen-bond donors (Lipinski definition) is 0. The number of aryl methyl sites for hydroxylation is 2. The molecule has 0 heterocycles. The molecule has 0 spiro atoms. The highest BCUT2D eigenvalue weighted by molar-refractivity contribution is 5.37. The van der Waals surface area contributed by atoms with Crippen molar-refractivity contribution in [1.29, 1.82) is 0 Å². The fourth-order valence-electron chi connectivity index (χ4n) is 0.766. The lowest BCUT2D eigenvalue weighted by atomic mass is 10.1. The van der Waals surface area contributed by atoms with Gasteiger partial charge in [-0.1, -0.05) is 5.92 Å². The molecule has 0 aromatic heterocycles. The van der Waals surface area contributed by atoms with E-state index in [9.17, 15) is 0 Å². The lowest BCUT2D eigenvalue weighted by molar-refractivity contribution is 1.32. The molecule has 0 aliphatic rings. The second-order valence-electron chi connectivity index (χ2n) is 2.34. The molecule has 0 saturated heterocycles. The molecule has 0 amide bonds. The van der Waals surface area contributed by atoms with Crippen LogP contribution in [-0.2, 0) is 0 Å². The van der Waals surface area contributed by atoms with Crippen molar-refractivity contribution in [2.45, 2.75) is 13.8 Å². The van der Waals surface area contributed by atoms with Crippen molar-refractivity contribution in [2.24, 2.45) is 0 Å². The van der Waals surface area contributed by atoms with Crippen LogP contribution in [0.4, 0.5) is 0 Å². The highest BCUT2D eigenvalue weighted by Crippen LogP contribution is 2.07. The van der Waals surface area contributed by atoms with Crippen LogP contribution >= 0.6 is 0 Å². The Morgan fingerprint density at radius 2 is 2.20 bits per heavy atom. The third-order valence-corrected chi connectivity index (χ3v) is 1.57. The van der Waals surface area contributed by atoms with Crippen LogP contribution in [0.15, 0.2) is 12.1 Å². The molecular formula is C10H9. The fraction of sp³-hybridized carbons (Fsp3) is 0.200. The van der Waals surface area contributed by atoms with Crippen LogP contribution in [0.3, 0.4) is 0 Å². The summed E-state index contributed by atoms with van der Waals surface area (Å²) in [5.41, 5.74) is 3.28. The molecule has 0 heteroatoms. The minimum absolute atomic E-state index is 0.906. The predicted molar refractivity (Wildman–Crippen MR) is 42.7 cm³/mol. The zero-order chi connectivity index (χ0) is 7.56. The first-order chi connectivity index (χ1) is 4.74. The molecule has 0 unspecified atom stereocenters. The normalized spacial score (nSPS) is 8.90. The van der Waals surface area contributed by atoms with Gasteiger partial charge in [0.2, 0.25) is 0 Å². The molecule has 0 atom stereocenters. The summed E-state index contributed by atoms with van der Waals surface area (Å²) in [5, 5.41) is 0. The Bertz CT molecular complexity index is 277. The van der Waals surface area contributed by atoms with E-state index in [2.05, 4.69) is 12.0 Å². The molecule has 0 N–H and O–H groups in total. The van der Waals surface area contributed by atoms with Crippen molar-refractivity contribution in [3.8, 4) is 12.3 Å². The summed E-state index contributed by atoms with van der Waals surface area (Å²) >= 11 is 0.